The summed E-state index contributed by atoms with van der Waals surface area (Å²) < 4.78 is 0. The zero-order chi connectivity index (χ0) is 23.8. The summed E-state index contributed by atoms with van der Waals surface area (Å²) in [6, 6.07) is 0. The molecule has 0 aromatic heterocycles. The van der Waals surface area contributed by atoms with Crippen LogP contribution in [0.2, 0.25) is 0 Å². The van der Waals surface area contributed by atoms with E-state index in [1.54, 1.807) is 66.8 Å². The van der Waals surface area contributed by atoms with Gasteiger partial charge in [-0.1, -0.05) is 62.8 Å². The first-order valence-corrected chi connectivity index (χ1v) is 12.8. The molecule has 2 aromatic rings. The summed E-state index contributed by atoms with van der Waals surface area (Å²) in [7, 11) is 0. The largest absolute Gasteiger partial charge is 0.0776 e. The SMILES string of the molecule is C.Cc1c(C)c2c(c3c1C(C)(C)C3)CC2(C)C.Cc1c2c(c(C)c3c1C(C)(C)C3)C(C)(C)C2. The molecule has 180 valence electrons. The van der Waals surface area contributed by atoms with Crippen LogP contribution in [0, 0.1) is 27.7 Å². The van der Waals surface area contributed by atoms with Gasteiger partial charge in [0, 0.05) is 0 Å². The summed E-state index contributed by atoms with van der Waals surface area (Å²) in [5.41, 5.74) is 21.4. The van der Waals surface area contributed by atoms with Gasteiger partial charge in [0.2, 0.25) is 0 Å². The highest BCUT2D eigenvalue weighted by Gasteiger charge is 2.47. The fraction of sp³-hybridized carbons (Fsp3) is 0.636. The minimum absolute atomic E-state index is 0. The van der Waals surface area contributed by atoms with Crippen molar-refractivity contribution >= 4 is 0 Å². The Morgan fingerprint density at radius 3 is 0.818 bits per heavy atom. The second kappa shape index (κ2) is 6.77. The van der Waals surface area contributed by atoms with Crippen LogP contribution in [-0.4, -0.2) is 0 Å². The summed E-state index contributed by atoms with van der Waals surface area (Å²) >= 11 is 0. The molecule has 0 bridgehead atoms. The molecule has 0 fully saturated rings. The Labute approximate surface area is 204 Å². The zero-order valence-corrected chi connectivity index (χ0v) is 22.8. The highest BCUT2D eigenvalue weighted by molar-refractivity contribution is 5.66. The fourth-order valence-corrected chi connectivity index (χ4v) is 8.45. The molecule has 0 nitrogen and oxygen atoms in total. The quantitative estimate of drug-likeness (QED) is 0.381. The summed E-state index contributed by atoms with van der Waals surface area (Å²) in [4.78, 5) is 0. The van der Waals surface area contributed by atoms with Crippen molar-refractivity contribution in [3.05, 3.63) is 66.8 Å². The van der Waals surface area contributed by atoms with Crippen LogP contribution in [0.5, 0.6) is 0 Å². The molecule has 2 aromatic carbocycles. The Bertz CT molecular complexity index is 970. The second-order valence-corrected chi connectivity index (χ2v) is 14.2. The van der Waals surface area contributed by atoms with Gasteiger partial charge in [0.25, 0.3) is 0 Å². The van der Waals surface area contributed by atoms with Crippen LogP contribution < -0.4 is 0 Å². The Kier molecular flexibility index (Phi) is 5.04. The molecule has 0 heteroatoms. The summed E-state index contributed by atoms with van der Waals surface area (Å²) in [6.07, 6.45) is 5.14. The normalized spacial score (nSPS) is 22.2. The third-order valence-electron chi connectivity index (χ3n) is 9.72. The van der Waals surface area contributed by atoms with Gasteiger partial charge in [0.15, 0.2) is 0 Å². The van der Waals surface area contributed by atoms with E-state index in [-0.39, 0.29) is 7.43 Å². The lowest BCUT2D eigenvalue weighted by atomic mass is 9.54. The van der Waals surface area contributed by atoms with Crippen molar-refractivity contribution in [1.29, 1.82) is 0 Å². The minimum Gasteiger partial charge on any atom is -0.0776 e. The van der Waals surface area contributed by atoms with Crippen LogP contribution in [0.1, 0.15) is 130 Å². The highest BCUT2D eigenvalue weighted by atomic mass is 14.5. The lowest BCUT2D eigenvalue weighted by molar-refractivity contribution is 0.400. The molecule has 0 atom stereocenters. The lowest BCUT2D eigenvalue weighted by Gasteiger charge is -2.50. The van der Waals surface area contributed by atoms with E-state index < -0.39 is 0 Å². The molecule has 0 radical (unpaired) electrons. The molecule has 0 aliphatic heterocycles. The Hall–Kier alpha value is -1.56. The molecular formula is C33H48. The van der Waals surface area contributed by atoms with Gasteiger partial charge in [-0.2, -0.15) is 0 Å². The van der Waals surface area contributed by atoms with Gasteiger partial charge in [-0.15, -0.1) is 0 Å². The molecular weight excluding hydrogens is 396 g/mol. The van der Waals surface area contributed by atoms with Crippen molar-refractivity contribution in [1.82, 2.24) is 0 Å². The van der Waals surface area contributed by atoms with Crippen LogP contribution in [0.25, 0.3) is 0 Å². The van der Waals surface area contributed by atoms with E-state index in [4.69, 9.17) is 0 Å². The average molecular weight is 445 g/mol. The van der Waals surface area contributed by atoms with Crippen LogP contribution >= 0.6 is 0 Å². The molecule has 0 saturated heterocycles. The maximum atomic E-state index is 2.39. The minimum atomic E-state index is 0. The number of benzene rings is 2. The third kappa shape index (κ3) is 3.01. The second-order valence-electron chi connectivity index (χ2n) is 14.2. The first kappa shape index (κ1) is 24.6. The van der Waals surface area contributed by atoms with E-state index in [0.717, 1.165) is 0 Å². The molecule has 0 heterocycles. The van der Waals surface area contributed by atoms with Gasteiger partial charge in [-0.05, 0) is 142 Å². The maximum absolute atomic E-state index is 2.39. The van der Waals surface area contributed by atoms with Crippen LogP contribution in [0.4, 0.5) is 0 Å². The molecule has 4 aliphatic carbocycles. The van der Waals surface area contributed by atoms with Crippen molar-refractivity contribution in [2.45, 2.75) is 138 Å². The molecule has 0 N–H and O–H groups in total. The summed E-state index contributed by atoms with van der Waals surface area (Å²) in [5, 5.41) is 0. The summed E-state index contributed by atoms with van der Waals surface area (Å²) in [5.74, 6) is 0. The smallest absolute Gasteiger partial charge is 0.00574 e. The van der Waals surface area contributed by atoms with Crippen LogP contribution in [0.15, 0.2) is 0 Å². The standard InChI is InChI=1S/2C16H22.CH4/c1-9-11-7-16(5,6)14(11)10(2)12-8-15(3,4)13(9)12;1-9-10(2)14-12(8-16(14,5)6)11-7-15(3,4)13(9)11;/h2*7-8H2,1-6H3;1H4. The molecule has 0 amide bonds. The number of fused-ring (bicyclic) bond motifs is 5. The van der Waals surface area contributed by atoms with E-state index in [2.05, 4.69) is 83.1 Å². The first-order chi connectivity index (χ1) is 14.5. The Morgan fingerprint density at radius 1 is 0.364 bits per heavy atom. The van der Waals surface area contributed by atoms with Crippen LogP contribution in [-0.2, 0) is 47.3 Å². The van der Waals surface area contributed by atoms with Crippen molar-refractivity contribution in [2.75, 3.05) is 0 Å². The lowest BCUT2D eigenvalue weighted by Crippen LogP contribution is -2.43. The van der Waals surface area contributed by atoms with Gasteiger partial charge < -0.3 is 0 Å². The Balaban J connectivity index is 0.000000152. The van der Waals surface area contributed by atoms with Gasteiger partial charge >= 0.3 is 0 Å². The third-order valence-corrected chi connectivity index (χ3v) is 9.72. The molecule has 0 spiro atoms. The van der Waals surface area contributed by atoms with E-state index in [1.807, 2.05) is 0 Å². The van der Waals surface area contributed by atoms with Crippen molar-refractivity contribution < 1.29 is 0 Å². The zero-order valence-electron chi connectivity index (χ0n) is 22.8. The van der Waals surface area contributed by atoms with Crippen LogP contribution in [0.3, 0.4) is 0 Å². The van der Waals surface area contributed by atoms with E-state index in [9.17, 15) is 0 Å². The highest BCUT2D eigenvalue weighted by Crippen LogP contribution is 2.55. The van der Waals surface area contributed by atoms with E-state index in [0.29, 0.717) is 21.7 Å². The van der Waals surface area contributed by atoms with E-state index in [1.165, 1.54) is 25.7 Å². The molecule has 4 aliphatic rings. The monoisotopic (exact) mass is 444 g/mol. The molecule has 0 saturated carbocycles. The maximum Gasteiger partial charge on any atom is -0.00574 e. The van der Waals surface area contributed by atoms with Crippen molar-refractivity contribution in [3.8, 4) is 0 Å². The number of hydrogen-bond donors (Lipinski definition) is 0. The van der Waals surface area contributed by atoms with Gasteiger partial charge in [0.05, 0.1) is 0 Å². The Morgan fingerprint density at radius 2 is 0.576 bits per heavy atom. The first-order valence-electron chi connectivity index (χ1n) is 12.8. The summed E-state index contributed by atoms with van der Waals surface area (Å²) in [6.45, 7) is 28.4. The van der Waals surface area contributed by atoms with Gasteiger partial charge in [0.1, 0.15) is 0 Å². The average Bonchev–Trinajstić information content (AvgIpc) is 2.59. The van der Waals surface area contributed by atoms with Gasteiger partial charge in [-0.3, -0.25) is 0 Å². The van der Waals surface area contributed by atoms with E-state index >= 15 is 0 Å². The number of hydrogen-bond acceptors (Lipinski definition) is 0. The number of rotatable bonds is 0. The van der Waals surface area contributed by atoms with Crippen molar-refractivity contribution in [2.24, 2.45) is 0 Å². The van der Waals surface area contributed by atoms with Crippen molar-refractivity contribution in [3.63, 3.8) is 0 Å². The predicted octanol–water partition coefficient (Wildman–Crippen LogP) is 8.58. The molecule has 0 unspecified atom stereocenters. The predicted molar refractivity (Wildman–Crippen MR) is 145 cm³/mol. The topological polar surface area (TPSA) is 0 Å². The fourth-order valence-electron chi connectivity index (χ4n) is 8.45. The molecule has 6 rings (SSSR count). The molecule has 33 heavy (non-hydrogen) atoms. The van der Waals surface area contributed by atoms with Gasteiger partial charge in [-0.25, -0.2) is 0 Å².